The van der Waals surface area contributed by atoms with Crippen molar-refractivity contribution in [1.29, 1.82) is 0 Å². The van der Waals surface area contributed by atoms with E-state index < -0.39 is 23.6 Å². The molecule has 1 aliphatic heterocycles. The van der Waals surface area contributed by atoms with Crippen LogP contribution >= 0.6 is 0 Å². The standard InChI is InChI=1S/C13H14F3N3O3/c1-12(22-11(17)21)2-3-19(7-12)9-4-10(13(14,15)16)18-5-8(9)6-20/h4-6H,2-3,7H2,1H3,(H2,17,21). The summed E-state index contributed by atoms with van der Waals surface area (Å²) in [6, 6.07) is 0.819. The molecule has 1 fully saturated rings. The van der Waals surface area contributed by atoms with E-state index in [4.69, 9.17) is 10.5 Å². The number of hydrogen-bond donors (Lipinski definition) is 1. The molecule has 1 aromatic rings. The molecule has 0 saturated carbocycles. The summed E-state index contributed by atoms with van der Waals surface area (Å²) < 4.78 is 43.3. The average Bonchev–Trinajstić information content (AvgIpc) is 2.78. The number of nitrogens with zero attached hydrogens (tertiary/aromatic N) is 2. The molecule has 2 rings (SSSR count). The van der Waals surface area contributed by atoms with Gasteiger partial charge in [0.25, 0.3) is 0 Å². The van der Waals surface area contributed by atoms with Crippen LogP contribution in [0.15, 0.2) is 12.3 Å². The smallest absolute Gasteiger partial charge is 0.433 e. The second kappa shape index (κ2) is 5.47. The molecule has 120 valence electrons. The topological polar surface area (TPSA) is 85.5 Å². The number of hydrogen-bond acceptors (Lipinski definition) is 5. The van der Waals surface area contributed by atoms with Gasteiger partial charge in [-0.05, 0) is 13.0 Å². The highest BCUT2D eigenvalue weighted by atomic mass is 19.4. The van der Waals surface area contributed by atoms with Crippen molar-refractivity contribution in [3.05, 3.63) is 23.5 Å². The predicted octanol–water partition coefficient (Wildman–Crippen LogP) is 1.98. The summed E-state index contributed by atoms with van der Waals surface area (Å²) in [6.45, 7) is 2.09. The number of amides is 1. The van der Waals surface area contributed by atoms with Crippen LogP contribution in [-0.4, -0.2) is 36.1 Å². The monoisotopic (exact) mass is 317 g/mol. The number of primary amides is 1. The molecule has 6 nitrogen and oxygen atoms in total. The Morgan fingerprint density at radius 1 is 1.55 bits per heavy atom. The van der Waals surface area contributed by atoms with Crippen molar-refractivity contribution in [2.45, 2.75) is 25.1 Å². The molecule has 0 aliphatic carbocycles. The largest absolute Gasteiger partial charge is 0.441 e. The molecule has 1 atom stereocenters. The summed E-state index contributed by atoms with van der Waals surface area (Å²) in [4.78, 5) is 26.7. The molecule has 1 amide bonds. The van der Waals surface area contributed by atoms with E-state index >= 15 is 0 Å². The van der Waals surface area contributed by atoms with Gasteiger partial charge < -0.3 is 15.4 Å². The van der Waals surface area contributed by atoms with Gasteiger partial charge in [-0.3, -0.25) is 9.78 Å². The molecular weight excluding hydrogens is 303 g/mol. The molecule has 22 heavy (non-hydrogen) atoms. The molecule has 1 aliphatic rings. The zero-order valence-electron chi connectivity index (χ0n) is 11.7. The maximum atomic E-state index is 12.8. The third-order valence-electron chi connectivity index (χ3n) is 3.45. The van der Waals surface area contributed by atoms with Crippen LogP contribution < -0.4 is 10.6 Å². The molecular formula is C13H14F3N3O3. The van der Waals surface area contributed by atoms with Gasteiger partial charge in [0.05, 0.1) is 17.8 Å². The van der Waals surface area contributed by atoms with Crippen LogP contribution in [0, 0.1) is 0 Å². The molecule has 0 aromatic carbocycles. The first-order chi connectivity index (χ1) is 10.1. The third-order valence-corrected chi connectivity index (χ3v) is 3.45. The fourth-order valence-corrected chi connectivity index (χ4v) is 2.44. The quantitative estimate of drug-likeness (QED) is 0.862. The lowest BCUT2D eigenvalue weighted by molar-refractivity contribution is -0.141. The van der Waals surface area contributed by atoms with Crippen molar-refractivity contribution >= 4 is 18.1 Å². The number of nitrogens with two attached hydrogens (primary N) is 1. The normalized spacial score (nSPS) is 21.7. The number of carbonyl (C=O) groups excluding carboxylic acids is 2. The summed E-state index contributed by atoms with van der Waals surface area (Å²) in [7, 11) is 0. The van der Waals surface area contributed by atoms with E-state index in [-0.39, 0.29) is 17.8 Å². The van der Waals surface area contributed by atoms with Gasteiger partial charge in [-0.25, -0.2) is 4.79 Å². The van der Waals surface area contributed by atoms with E-state index in [1.807, 2.05) is 0 Å². The van der Waals surface area contributed by atoms with Crippen LogP contribution in [0.5, 0.6) is 0 Å². The summed E-state index contributed by atoms with van der Waals surface area (Å²) >= 11 is 0. The van der Waals surface area contributed by atoms with Gasteiger partial charge in [-0.2, -0.15) is 13.2 Å². The zero-order chi connectivity index (χ0) is 16.5. The Kier molecular flexibility index (Phi) is 3.99. The summed E-state index contributed by atoms with van der Waals surface area (Å²) in [5.41, 5.74) is 3.13. The molecule has 0 radical (unpaired) electrons. The number of pyridine rings is 1. The third kappa shape index (κ3) is 3.29. The highest BCUT2D eigenvalue weighted by Crippen LogP contribution is 2.35. The van der Waals surface area contributed by atoms with Crippen molar-refractivity contribution < 1.29 is 27.5 Å². The molecule has 2 N–H and O–H groups in total. The minimum absolute atomic E-state index is 0.0383. The Morgan fingerprint density at radius 3 is 2.77 bits per heavy atom. The highest BCUT2D eigenvalue weighted by Gasteiger charge is 2.39. The number of anilines is 1. The summed E-state index contributed by atoms with van der Waals surface area (Å²) in [5.74, 6) is 0. The second-order valence-corrected chi connectivity index (χ2v) is 5.29. The Hall–Kier alpha value is -2.32. The molecule has 2 heterocycles. The molecule has 1 saturated heterocycles. The number of aromatic nitrogens is 1. The molecule has 9 heteroatoms. The fourth-order valence-electron chi connectivity index (χ4n) is 2.44. The van der Waals surface area contributed by atoms with Crippen LogP contribution in [-0.2, 0) is 10.9 Å². The Bertz CT molecular complexity index is 606. The minimum Gasteiger partial charge on any atom is -0.441 e. The van der Waals surface area contributed by atoms with E-state index in [1.54, 1.807) is 11.8 Å². The number of carbonyl (C=O) groups is 2. The highest BCUT2D eigenvalue weighted by molar-refractivity contribution is 5.84. The Morgan fingerprint density at radius 2 is 2.23 bits per heavy atom. The van der Waals surface area contributed by atoms with Crippen LogP contribution in [0.25, 0.3) is 0 Å². The zero-order valence-corrected chi connectivity index (χ0v) is 11.7. The summed E-state index contributed by atoms with van der Waals surface area (Å²) in [6.07, 6.45) is -3.85. The van der Waals surface area contributed by atoms with Crippen molar-refractivity contribution in [3.63, 3.8) is 0 Å². The lowest BCUT2D eigenvalue weighted by Crippen LogP contribution is -2.37. The van der Waals surface area contributed by atoms with Crippen LogP contribution in [0.2, 0.25) is 0 Å². The number of alkyl halides is 3. The first-order valence-electron chi connectivity index (χ1n) is 6.40. The Balaban J connectivity index is 2.32. The molecule has 0 spiro atoms. The number of rotatable bonds is 3. The number of ether oxygens (including phenoxy) is 1. The van der Waals surface area contributed by atoms with Gasteiger partial charge in [0.1, 0.15) is 11.3 Å². The molecule has 0 bridgehead atoms. The summed E-state index contributed by atoms with van der Waals surface area (Å²) in [5, 5.41) is 0. The van der Waals surface area contributed by atoms with E-state index in [0.29, 0.717) is 19.3 Å². The van der Waals surface area contributed by atoms with Gasteiger partial charge in [-0.1, -0.05) is 0 Å². The van der Waals surface area contributed by atoms with Crippen molar-refractivity contribution in [1.82, 2.24) is 4.98 Å². The van der Waals surface area contributed by atoms with Gasteiger partial charge in [0.2, 0.25) is 0 Å². The van der Waals surface area contributed by atoms with Crippen LogP contribution in [0.1, 0.15) is 29.4 Å². The second-order valence-electron chi connectivity index (χ2n) is 5.29. The van der Waals surface area contributed by atoms with E-state index in [1.165, 1.54) is 0 Å². The van der Waals surface area contributed by atoms with Crippen molar-refractivity contribution in [2.75, 3.05) is 18.0 Å². The van der Waals surface area contributed by atoms with Crippen molar-refractivity contribution in [3.8, 4) is 0 Å². The first kappa shape index (κ1) is 16.1. The van der Waals surface area contributed by atoms with Crippen LogP contribution in [0.3, 0.4) is 0 Å². The fraction of sp³-hybridized carbons (Fsp3) is 0.462. The van der Waals surface area contributed by atoms with E-state index in [2.05, 4.69) is 4.98 Å². The SMILES string of the molecule is CC1(OC(N)=O)CCN(c2cc(C(F)(F)F)ncc2C=O)C1. The molecule has 1 aromatic heterocycles. The lowest BCUT2D eigenvalue weighted by Gasteiger charge is -2.25. The van der Waals surface area contributed by atoms with Gasteiger partial charge in [-0.15, -0.1) is 0 Å². The molecule has 1 unspecified atom stereocenters. The van der Waals surface area contributed by atoms with E-state index in [9.17, 15) is 22.8 Å². The minimum atomic E-state index is -4.61. The first-order valence-corrected chi connectivity index (χ1v) is 6.40. The predicted molar refractivity (Wildman–Crippen MR) is 70.5 cm³/mol. The van der Waals surface area contributed by atoms with Gasteiger partial charge in [0.15, 0.2) is 6.29 Å². The van der Waals surface area contributed by atoms with E-state index in [0.717, 1.165) is 12.3 Å². The lowest BCUT2D eigenvalue weighted by atomic mass is 10.1. The van der Waals surface area contributed by atoms with Gasteiger partial charge in [0, 0.05) is 19.2 Å². The average molecular weight is 317 g/mol. The van der Waals surface area contributed by atoms with Gasteiger partial charge >= 0.3 is 12.3 Å². The number of halogens is 3. The Labute approximate surface area is 124 Å². The number of aldehydes is 1. The maximum absolute atomic E-state index is 12.8. The maximum Gasteiger partial charge on any atom is 0.433 e. The van der Waals surface area contributed by atoms with Crippen LogP contribution in [0.4, 0.5) is 23.7 Å². The van der Waals surface area contributed by atoms with Crippen molar-refractivity contribution in [2.24, 2.45) is 5.73 Å².